The number of hydrogen-bond acceptors (Lipinski definition) is 5. The summed E-state index contributed by atoms with van der Waals surface area (Å²) in [5, 5.41) is 9.62. The van der Waals surface area contributed by atoms with Crippen molar-refractivity contribution in [2.24, 2.45) is 0 Å². The molecule has 82 valence electrons. The number of aromatic carboxylic acids is 1. The minimum atomic E-state index is -1.05. The van der Waals surface area contributed by atoms with Crippen LogP contribution in [0.25, 0.3) is 0 Å². The predicted octanol–water partition coefficient (Wildman–Crippen LogP) is 2.06. The molecule has 0 aliphatic heterocycles. The number of rotatable bonds is 4. The Bertz CT molecular complexity index is 484. The Hall–Kier alpha value is -1.82. The highest BCUT2D eigenvalue weighted by molar-refractivity contribution is 7.98. The van der Waals surface area contributed by atoms with Gasteiger partial charge >= 0.3 is 5.97 Å². The Balaban J connectivity index is 2.05. The van der Waals surface area contributed by atoms with Gasteiger partial charge in [-0.25, -0.2) is 14.8 Å². The molecule has 0 saturated heterocycles. The maximum atomic E-state index is 10.8. The molecule has 2 heterocycles. The van der Waals surface area contributed by atoms with E-state index in [1.807, 2.05) is 0 Å². The smallest absolute Gasteiger partial charge is 0.372 e. The molecule has 5 nitrogen and oxygen atoms in total. The van der Waals surface area contributed by atoms with E-state index in [2.05, 4.69) is 9.97 Å². The van der Waals surface area contributed by atoms with Crippen LogP contribution in [0.15, 0.2) is 40.4 Å². The molecule has 2 aromatic heterocycles. The molecule has 0 atom stereocenters. The molecule has 0 aliphatic rings. The van der Waals surface area contributed by atoms with Crippen LogP contribution in [-0.4, -0.2) is 21.0 Å². The molecule has 16 heavy (non-hydrogen) atoms. The van der Waals surface area contributed by atoms with Gasteiger partial charge in [-0.2, -0.15) is 0 Å². The van der Waals surface area contributed by atoms with Gasteiger partial charge in [0.15, 0.2) is 0 Å². The quantitative estimate of drug-likeness (QED) is 0.646. The zero-order chi connectivity index (χ0) is 11.4. The Kier molecular flexibility index (Phi) is 3.21. The standard InChI is InChI=1S/C10H8N2O3S/c13-10(14)9-7(2-4-15-9)5-16-8-1-3-11-6-12-8/h1-4,6H,5H2,(H,13,14). The third kappa shape index (κ3) is 2.40. The molecule has 0 fully saturated rings. The van der Waals surface area contributed by atoms with Crippen LogP contribution in [0.2, 0.25) is 0 Å². The lowest BCUT2D eigenvalue weighted by molar-refractivity contribution is 0.0661. The molecular formula is C10H8N2O3S. The summed E-state index contributed by atoms with van der Waals surface area (Å²) in [5.41, 5.74) is 0.649. The van der Waals surface area contributed by atoms with E-state index in [4.69, 9.17) is 9.52 Å². The van der Waals surface area contributed by atoms with Crippen molar-refractivity contribution in [1.82, 2.24) is 9.97 Å². The molecule has 6 heteroatoms. The fraction of sp³-hybridized carbons (Fsp3) is 0.100. The zero-order valence-electron chi connectivity index (χ0n) is 8.16. The first-order valence-corrected chi connectivity index (χ1v) is 5.44. The second-order valence-electron chi connectivity index (χ2n) is 2.92. The predicted molar refractivity (Wildman–Crippen MR) is 57.3 cm³/mol. The Morgan fingerprint density at radius 1 is 1.50 bits per heavy atom. The molecule has 0 saturated carbocycles. The number of carbonyl (C=O) groups is 1. The summed E-state index contributed by atoms with van der Waals surface area (Å²) in [6, 6.07) is 3.42. The van der Waals surface area contributed by atoms with Crippen LogP contribution in [0.5, 0.6) is 0 Å². The number of aromatic nitrogens is 2. The number of carboxylic acid groups (broad SMARTS) is 1. The summed E-state index contributed by atoms with van der Waals surface area (Å²) < 4.78 is 4.87. The van der Waals surface area contributed by atoms with E-state index < -0.39 is 5.97 Å². The summed E-state index contributed by atoms with van der Waals surface area (Å²) in [7, 11) is 0. The fourth-order valence-corrected chi connectivity index (χ4v) is 1.96. The van der Waals surface area contributed by atoms with Crippen LogP contribution < -0.4 is 0 Å². The average Bonchev–Trinajstić information content (AvgIpc) is 2.76. The first-order chi connectivity index (χ1) is 7.77. The van der Waals surface area contributed by atoms with Gasteiger partial charge in [-0.3, -0.25) is 0 Å². The number of nitrogens with zero attached hydrogens (tertiary/aromatic N) is 2. The fourth-order valence-electron chi connectivity index (χ4n) is 1.15. The maximum Gasteiger partial charge on any atom is 0.372 e. The first-order valence-electron chi connectivity index (χ1n) is 4.46. The molecule has 2 aromatic rings. The summed E-state index contributed by atoms with van der Waals surface area (Å²) in [5.74, 6) is -0.556. The summed E-state index contributed by atoms with van der Waals surface area (Å²) in [6.07, 6.45) is 4.47. The molecule has 0 amide bonds. The van der Waals surface area contributed by atoms with Crippen LogP contribution in [0.4, 0.5) is 0 Å². The lowest BCUT2D eigenvalue weighted by atomic mass is 10.3. The maximum absolute atomic E-state index is 10.8. The molecule has 0 radical (unpaired) electrons. The van der Waals surface area contributed by atoms with Crippen molar-refractivity contribution >= 4 is 17.7 Å². The van der Waals surface area contributed by atoms with E-state index in [0.29, 0.717) is 11.3 Å². The van der Waals surface area contributed by atoms with Gasteiger partial charge in [-0.05, 0) is 12.1 Å². The molecule has 2 rings (SSSR count). The first kappa shape index (κ1) is 10.7. The number of hydrogen-bond donors (Lipinski definition) is 1. The van der Waals surface area contributed by atoms with Crippen molar-refractivity contribution in [3.63, 3.8) is 0 Å². The topological polar surface area (TPSA) is 76.2 Å². The molecule has 0 bridgehead atoms. The van der Waals surface area contributed by atoms with E-state index in [1.165, 1.54) is 24.4 Å². The van der Waals surface area contributed by atoms with Gasteiger partial charge in [0.1, 0.15) is 6.33 Å². The second kappa shape index (κ2) is 4.80. The van der Waals surface area contributed by atoms with Crippen LogP contribution in [0.3, 0.4) is 0 Å². The van der Waals surface area contributed by atoms with Gasteiger partial charge in [0.2, 0.25) is 5.76 Å². The largest absolute Gasteiger partial charge is 0.475 e. The zero-order valence-corrected chi connectivity index (χ0v) is 8.98. The van der Waals surface area contributed by atoms with Gasteiger partial charge < -0.3 is 9.52 Å². The third-order valence-corrected chi connectivity index (χ3v) is 2.86. The number of thioether (sulfide) groups is 1. The summed E-state index contributed by atoms with van der Waals surface area (Å²) in [6.45, 7) is 0. The Morgan fingerprint density at radius 3 is 3.06 bits per heavy atom. The lowest BCUT2D eigenvalue weighted by Crippen LogP contribution is -1.97. The van der Waals surface area contributed by atoms with Crippen molar-refractivity contribution in [2.75, 3.05) is 0 Å². The van der Waals surface area contributed by atoms with Gasteiger partial charge in [-0.1, -0.05) is 0 Å². The Morgan fingerprint density at radius 2 is 2.38 bits per heavy atom. The molecule has 0 unspecified atom stereocenters. The van der Waals surface area contributed by atoms with Gasteiger partial charge in [0.25, 0.3) is 0 Å². The lowest BCUT2D eigenvalue weighted by Gasteiger charge is -1.98. The summed E-state index contributed by atoms with van der Waals surface area (Å²) >= 11 is 1.44. The van der Waals surface area contributed by atoms with Crippen molar-refractivity contribution in [2.45, 2.75) is 10.8 Å². The molecule has 0 aliphatic carbocycles. The minimum Gasteiger partial charge on any atom is -0.475 e. The van der Waals surface area contributed by atoms with Crippen LogP contribution in [0.1, 0.15) is 16.1 Å². The highest BCUT2D eigenvalue weighted by Crippen LogP contribution is 2.22. The summed E-state index contributed by atoms with van der Waals surface area (Å²) in [4.78, 5) is 18.6. The second-order valence-corrected chi connectivity index (χ2v) is 3.91. The highest BCUT2D eigenvalue weighted by Gasteiger charge is 2.13. The van der Waals surface area contributed by atoms with Gasteiger partial charge in [0.05, 0.1) is 11.3 Å². The normalized spacial score (nSPS) is 10.2. The van der Waals surface area contributed by atoms with Crippen LogP contribution in [-0.2, 0) is 5.75 Å². The van der Waals surface area contributed by atoms with E-state index >= 15 is 0 Å². The third-order valence-electron chi connectivity index (χ3n) is 1.87. The van der Waals surface area contributed by atoms with Crippen LogP contribution in [0, 0.1) is 0 Å². The SMILES string of the molecule is O=C(O)c1occc1CSc1ccncn1. The van der Waals surface area contributed by atoms with Crippen LogP contribution >= 0.6 is 11.8 Å². The average molecular weight is 236 g/mol. The number of carboxylic acids is 1. The molecular weight excluding hydrogens is 228 g/mol. The minimum absolute atomic E-state index is 0.0124. The molecule has 0 aromatic carbocycles. The van der Waals surface area contributed by atoms with Crippen molar-refractivity contribution in [3.05, 3.63) is 42.2 Å². The molecule has 1 N–H and O–H groups in total. The van der Waals surface area contributed by atoms with Crippen molar-refractivity contribution in [3.8, 4) is 0 Å². The van der Waals surface area contributed by atoms with Crippen molar-refractivity contribution < 1.29 is 14.3 Å². The molecule has 0 spiro atoms. The van der Waals surface area contributed by atoms with E-state index in [9.17, 15) is 4.79 Å². The van der Waals surface area contributed by atoms with E-state index in [-0.39, 0.29) is 5.76 Å². The van der Waals surface area contributed by atoms with Crippen molar-refractivity contribution in [1.29, 1.82) is 0 Å². The van der Waals surface area contributed by atoms with E-state index in [0.717, 1.165) is 5.03 Å². The van der Waals surface area contributed by atoms with Gasteiger partial charge in [0, 0.05) is 17.5 Å². The monoisotopic (exact) mass is 236 g/mol. The van der Waals surface area contributed by atoms with Gasteiger partial charge in [-0.15, -0.1) is 11.8 Å². The van der Waals surface area contributed by atoms with E-state index in [1.54, 1.807) is 18.3 Å². The number of furan rings is 1. The Labute approximate surface area is 95.5 Å². The highest BCUT2D eigenvalue weighted by atomic mass is 32.2.